The van der Waals surface area contributed by atoms with Crippen molar-refractivity contribution in [1.82, 2.24) is 20.2 Å². The third-order valence-corrected chi connectivity index (χ3v) is 5.80. The van der Waals surface area contributed by atoms with Crippen LogP contribution in [0.2, 0.25) is 0 Å². The maximum atomic E-state index is 13.2. The van der Waals surface area contributed by atoms with Gasteiger partial charge in [-0.05, 0) is 29.8 Å². The van der Waals surface area contributed by atoms with Crippen molar-refractivity contribution < 1.29 is 9.18 Å². The predicted octanol–water partition coefficient (Wildman–Crippen LogP) is 4.39. The Morgan fingerprint density at radius 3 is 2.66 bits per heavy atom. The summed E-state index contributed by atoms with van der Waals surface area (Å²) in [6.45, 7) is 0.410. The van der Waals surface area contributed by atoms with Crippen LogP contribution < -0.4 is 4.90 Å². The topological polar surface area (TPSA) is 74.8 Å². The molecule has 0 saturated carbocycles. The van der Waals surface area contributed by atoms with Gasteiger partial charge in [0.1, 0.15) is 12.1 Å². The lowest BCUT2D eigenvalue weighted by atomic mass is 10.2. The molecule has 29 heavy (non-hydrogen) atoms. The summed E-state index contributed by atoms with van der Waals surface area (Å²) in [5.41, 5.74) is 2.51. The number of thiazole rings is 1. The van der Waals surface area contributed by atoms with Crippen molar-refractivity contribution in [2.45, 2.75) is 11.7 Å². The minimum atomic E-state index is -0.297. The van der Waals surface area contributed by atoms with Crippen LogP contribution >= 0.6 is 23.1 Å². The second-order valence-corrected chi connectivity index (χ2v) is 7.87. The molecule has 0 saturated heterocycles. The number of carbonyl (C=O) groups is 1. The first-order valence-corrected chi connectivity index (χ1v) is 10.6. The van der Waals surface area contributed by atoms with Crippen LogP contribution in [0.3, 0.4) is 0 Å². The first-order valence-electron chi connectivity index (χ1n) is 8.73. The number of carbonyl (C=O) groups excluding carboxylic acids is 1. The average molecular weight is 426 g/mol. The summed E-state index contributed by atoms with van der Waals surface area (Å²) in [5, 5.41) is 9.59. The number of amides is 1. The lowest BCUT2D eigenvalue weighted by Gasteiger charge is -2.19. The SMILES string of the molecule is O=C(CSc1ncn[nH]1)N(Cc1ccccc1)c1nc(-c2ccc(F)cc2)cs1. The number of anilines is 1. The summed E-state index contributed by atoms with van der Waals surface area (Å²) >= 11 is 2.67. The molecule has 0 aliphatic heterocycles. The summed E-state index contributed by atoms with van der Waals surface area (Å²) in [5.74, 6) is -0.183. The molecule has 1 N–H and O–H groups in total. The van der Waals surface area contributed by atoms with Crippen LogP contribution in [0, 0.1) is 5.82 Å². The highest BCUT2D eigenvalue weighted by molar-refractivity contribution is 7.99. The van der Waals surface area contributed by atoms with Crippen LogP contribution in [0.25, 0.3) is 11.3 Å². The summed E-state index contributed by atoms with van der Waals surface area (Å²) < 4.78 is 13.2. The summed E-state index contributed by atoms with van der Waals surface area (Å²) in [6, 6.07) is 15.9. The van der Waals surface area contributed by atoms with E-state index >= 15 is 0 Å². The molecular formula is C20H16FN5OS2. The van der Waals surface area contributed by atoms with E-state index < -0.39 is 0 Å². The van der Waals surface area contributed by atoms with E-state index in [-0.39, 0.29) is 17.5 Å². The number of hydrogen-bond donors (Lipinski definition) is 1. The molecule has 0 bridgehead atoms. The molecular weight excluding hydrogens is 409 g/mol. The second kappa shape index (κ2) is 8.97. The van der Waals surface area contributed by atoms with Crippen molar-refractivity contribution in [1.29, 1.82) is 0 Å². The average Bonchev–Trinajstić information content (AvgIpc) is 3.44. The normalized spacial score (nSPS) is 10.8. The Hall–Kier alpha value is -3.04. The van der Waals surface area contributed by atoms with Crippen LogP contribution in [0.1, 0.15) is 5.56 Å². The van der Waals surface area contributed by atoms with Crippen LogP contribution in [0.15, 0.2) is 71.5 Å². The third kappa shape index (κ3) is 4.87. The number of benzene rings is 2. The molecule has 4 aromatic rings. The number of halogens is 1. The van der Waals surface area contributed by atoms with Crippen LogP contribution in [0.5, 0.6) is 0 Å². The van der Waals surface area contributed by atoms with E-state index in [0.29, 0.717) is 22.5 Å². The molecule has 0 atom stereocenters. The van der Waals surface area contributed by atoms with Crippen molar-refractivity contribution in [2.75, 3.05) is 10.7 Å². The van der Waals surface area contributed by atoms with Gasteiger partial charge in [0.25, 0.3) is 0 Å². The van der Waals surface area contributed by atoms with Gasteiger partial charge in [-0.25, -0.2) is 14.4 Å². The first-order chi connectivity index (χ1) is 14.2. The van der Waals surface area contributed by atoms with Crippen molar-refractivity contribution >= 4 is 34.1 Å². The van der Waals surface area contributed by atoms with E-state index in [4.69, 9.17) is 0 Å². The molecule has 1 amide bonds. The van der Waals surface area contributed by atoms with Crippen molar-refractivity contribution in [3.63, 3.8) is 0 Å². The Morgan fingerprint density at radius 2 is 1.93 bits per heavy atom. The van der Waals surface area contributed by atoms with E-state index in [1.807, 2.05) is 35.7 Å². The molecule has 0 unspecified atom stereocenters. The monoisotopic (exact) mass is 425 g/mol. The van der Waals surface area contributed by atoms with Gasteiger partial charge >= 0.3 is 0 Å². The van der Waals surface area contributed by atoms with Gasteiger partial charge in [0.2, 0.25) is 5.91 Å². The maximum absolute atomic E-state index is 13.2. The number of H-pyrrole nitrogens is 1. The largest absolute Gasteiger partial charge is 0.283 e. The van der Waals surface area contributed by atoms with Gasteiger partial charge in [-0.1, -0.05) is 42.1 Å². The smallest absolute Gasteiger partial charge is 0.239 e. The zero-order chi connectivity index (χ0) is 20.1. The van der Waals surface area contributed by atoms with E-state index in [2.05, 4.69) is 20.2 Å². The van der Waals surface area contributed by atoms with Crippen LogP contribution in [-0.2, 0) is 11.3 Å². The van der Waals surface area contributed by atoms with Gasteiger partial charge < -0.3 is 0 Å². The second-order valence-electron chi connectivity index (χ2n) is 6.07. The van der Waals surface area contributed by atoms with E-state index in [1.165, 1.54) is 41.6 Å². The minimum Gasteiger partial charge on any atom is -0.283 e. The fourth-order valence-electron chi connectivity index (χ4n) is 2.64. The molecule has 0 spiro atoms. The molecule has 2 aromatic heterocycles. The van der Waals surface area contributed by atoms with Crippen molar-refractivity contribution in [2.24, 2.45) is 0 Å². The zero-order valence-electron chi connectivity index (χ0n) is 15.2. The molecule has 6 nitrogen and oxygen atoms in total. The number of thioether (sulfide) groups is 1. The highest BCUT2D eigenvalue weighted by Gasteiger charge is 2.20. The molecule has 0 radical (unpaired) electrons. The number of nitrogens with one attached hydrogen (secondary N) is 1. The third-order valence-electron chi connectivity index (χ3n) is 4.07. The molecule has 0 aliphatic rings. The summed E-state index contributed by atoms with van der Waals surface area (Å²) in [6.07, 6.45) is 1.41. The predicted molar refractivity (Wildman–Crippen MR) is 112 cm³/mol. The minimum absolute atomic E-state index is 0.0877. The van der Waals surface area contributed by atoms with Gasteiger partial charge in [-0.3, -0.25) is 14.8 Å². The zero-order valence-corrected chi connectivity index (χ0v) is 16.8. The van der Waals surface area contributed by atoms with Crippen LogP contribution in [-0.4, -0.2) is 31.8 Å². The van der Waals surface area contributed by atoms with Gasteiger partial charge in [-0.15, -0.1) is 11.3 Å². The van der Waals surface area contributed by atoms with Gasteiger partial charge in [0.05, 0.1) is 18.0 Å². The molecule has 0 aliphatic carbocycles. The van der Waals surface area contributed by atoms with Gasteiger partial charge in [0.15, 0.2) is 10.3 Å². The van der Waals surface area contributed by atoms with E-state index in [1.54, 1.807) is 17.0 Å². The van der Waals surface area contributed by atoms with Gasteiger partial charge in [0, 0.05) is 10.9 Å². The van der Waals surface area contributed by atoms with Crippen LogP contribution in [0.4, 0.5) is 9.52 Å². The Bertz CT molecular complexity index is 1070. The lowest BCUT2D eigenvalue weighted by molar-refractivity contribution is -0.116. The fraction of sp³-hybridized carbons (Fsp3) is 0.100. The fourth-order valence-corrected chi connectivity index (χ4v) is 4.15. The van der Waals surface area contributed by atoms with E-state index in [9.17, 15) is 9.18 Å². The number of aromatic nitrogens is 4. The molecule has 0 fully saturated rings. The molecule has 146 valence electrons. The van der Waals surface area contributed by atoms with Crippen molar-refractivity contribution in [3.8, 4) is 11.3 Å². The molecule has 4 rings (SSSR count). The lowest BCUT2D eigenvalue weighted by Crippen LogP contribution is -2.31. The molecule has 9 heteroatoms. The quantitative estimate of drug-likeness (QED) is 0.445. The number of rotatable bonds is 7. The molecule has 2 aromatic carbocycles. The Morgan fingerprint density at radius 1 is 1.14 bits per heavy atom. The number of hydrogen-bond acceptors (Lipinski definition) is 6. The molecule has 2 heterocycles. The summed E-state index contributed by atoms with van der Waals surface area (Å²) in [4.78, 5) is 23.3. The summed E-state index contributed by atoms with van der Waals surface area (Å²) in [7, 11) is 0. The number of aromatic amines is 1. The van der Waals surface area contributed by atoms with Crippen molar-refractivity contribution in [3.05, 3.63) is 77.7 Å². The number of nitrogens with zero attached hydrogens (tertiary/aromatic N) is 4. The van der Waals surface area contributed by atoms with Gasteiger partial charge in [-0.2, -0.15) is 5.10 Å². The Labute approximate surface area is 174 Å². The Kier molecular flexibility index (Phi) is 5.97. The maximum Gasteiger partial charge on any atom is 0.239 e. The first kappa shape index (κ1) is 19.3. The Balaban J connectivity index is 1.57. The highest BCUT2D eigenvalue weighted by Crippen LogP contribution is 2.29. The standard InChI is InChI=1S/C20H16FN5OS2/c21-16-8-6-15(7-9-16)17-11-29-20(24-17)26(10-14-4-2-1-3-5-14)18(27)12-28-19-22-13-23-25-19/h1-9,11,13H,10,12H2,(H,22,23,25). The van der Waals surface area contributed by atoms with E-state index in [0.717, 1.165) is 11.1 Å². The highest BCUT2D eigenvalue weighted by atomic mass is 32.2.